The third-order valence-electron chi connectivity index (χ3n) is 4.66. The number of nitrogens with zero attached hydrogens (tertiary/aromatic N) is 2. The minimum Gasteiger partial charge on any atom is -0.365 e. The van der Waals surface area contributed by atoms with E-state index in [4.69, 9.17) is 0 Å². The smallest absolute Gasteiger partial charge is 0.0440 e. The van der Waals surface area contributed by atoms with E-state index in [2.05, 4.69) is 63.8 Å². The molecular formula is C16H23BrN2. The maximum absolute atomic E-state index is 3.53. The molecule has 2 aliphatic rings. The predicted molar refractivity (Wildman–Crippen MR) is 84.7 cm³/mol. The van der Waals surface area contributed by atoms with Crippen LogP contribution in [0, 0.1) is 5.92 Å². The maximum atomic E-state index is 3.53. The van der Waals surface area contributed by atoms with Gasteiger partial charge < -0.3 is 4.90 Å². The van der Waals surface area contributed by atoms with Crippen LogP contribution in [0.15, 0.2) is 28.7 Å². The van der Waals surface area contributed by atoms with Gasteiger partial charge in [-0.2, -0.15) is 0 Å². The molecule has 2 unspecified atom stereocenters. The Hall–Kier alpha value is -0.540. The lowest BCUT2D eigenvalue weighted by Gasteiger charge is -2.46. The van der Waals surface area contributed by atoms with Gasteiger partial charge in [-0.25, -0.2) is 0 Å². The van der Waals surface area contributed by atoms with Crippen molar-refractivity contribution in [1.29, 1.82) is 0 Å². The second-order valence-electron chi connectivity index (χ2n) is 6.23. The molecule has 2 fully saturated rings. The van der Waals surface area contributed by atoms with Crippen molar-refractivity contribution in [3.05, 3.63) is 28.7 Å². The van der Waals surface area contributed by atoms with Crippen LogP contribution >= 0.6 is 15.9 Å². The van der Waals surface area contributed by atoms with Gasteiger partial charge >= 0.3 is 0 Å². The Kier molecular flexibility index (Phi) is 3.86. The zero-order chi connectivity index (χ0) is 13.4. The van der Waals surface area contributed by atoms with Crippen LogP contribution in [0.3, 0.4) is 0 Å². The van der Waals surface area contributed by atoms with E-state index in [1.54, 1.807) is 0 Å². The Morgan fingerprint density at radius 1 is 1.16 bits per heavy atom. The number of hydrogen-bond donors (Lipinski definition) is 0. The molecule has 0 aromatic heterocycles. The van der Waals surface area contributed by atoms with Crippen molar-refractivity contribution in [2.75, 3.05) is 24.5 Å². The summed E-state index contributed by atoms with van der Waals surface area (Å²) in [6.45, 7) is 8.45. The molecule has 2 heterocycles. The first-order chi connectivity index (χ1) is 9.15. The van der Waals surface area contributed by atoms with E-state index in [-0.39, 0.29) is 0 Å². The molecule has 0 aliphatic carbocycles. The molecule has 2 saturated heterocycles. The lowest BCUT2D eigenvalue weighted by atomic mass is 9.96. The van der Waals surface area contributed by atoms with Crippen LogP contribution < -0.4 is 4.90 Å². The Balaban J connectivity index is 1.85. The third-order valence-corrected chi connectivity index (χ3v) is 5.18. The summed E-state index contributed by atoms with van der Waals surface area (Å²) in [6, 6.07) is 10.3. The standard InChI is InChI=1S/C16H23BrN2/c1-12(2)16-11-18-9-3-4-15(18)10-19(16)14-7-5-13(17)6-8-14/h5-8,12,15-16H,3-4,9-11H2,1-2H3. The van der Waals surface area contributed by atoms with E-state index < -0.39 is 0 Å². The van der Waals surface area contributed by atoms with Crippen LogP contribution in [-0.4, -0.2) is 36.6 Å². The van der Waals surface area contributed by atoms with Crippen molar-refractivity contribution in [1.82, 2.24) is 4.90 Å². The first-order valence-electron chi connectivity index (χ1n) is 7.41. The highest BCUT2D eigenvalue weighted by atomic mass is 79.9. The largest absolute Gasteiger partial charge is 0.365 e. The second-order valence-corrected chi connectivity index (χ2v) is 7.15. The summed E-state index contributed by atoms with van der Waals surface area (Å²) in [6.07, 6.45) is 2.75. The number of halogens is 1. The monoisotopic (exact) mass is 322 g/mol. The predicted octanol–water partition coefficient (Wildman–Crippen LogP) is 3.76. The summed E-state index contributed by atoms with van der Waals surface area (Å²) in [5.41, 5.74) is 1.38. The molecule has 0 saturated carbocycles. The zero-order valence-electron chi connectivity index (χ0n) is 11.8. The number of piperazine rings is 1. The lowest BCUT2D eigenvalue weighted by Crippen LogP contribution is -2.58. The molecule has 0 amide bonds. The quantitative estimate of drug-likeness (QED) is 0.818. The van der Waals surface area contributed by atoms with E-state index in [9.17, 15) is 0 Å². The normalized spacial score (nSPS) is 27.9. The molecule has 2 aliphatic heterocycles. The van der Waals surface area contributed by atoms with E-state index >= 15 is 0 Å². The average Bonchev–Trinajstić information content (AvgIpc) is 2.85. The molecule has 0 N–H and O–H groups in total. The van der Waals surface area contributed by atoms with Crippen LogP contribution in [0.2, 0.25) is 0 Å². The fourth-order valence-electron chi connectivity index (χ4n) is 3.54. The van der Waals surface area contributed by atoms with Gasteiger partial charge in [-0.3, -0.25) is 4.90 Å². The van der Waals surface area contributed by atoms with Gasteiger partial charge in [0.15, 0.2) is 0 Å². The highest BCUT2D eigenvalue weighted by Crippen LogP contribution is 2.31. The average molecular weight is 323 g/mol. The summed E-state index contributed by atoms with van der Waals surface area (Å²) in [5.74, 6) is 0.699. The van der Waals surface area contributed by atoms with Crippen molar-refractivity contribution in [2.24, 2.45) is 5.92 Å². The molecule has 3 rings (SSSR count). The minimum atomic E-state index is 0.649. The van der Waals surface area contributed by atoms with Crippen molar-refractivity contribution >= 4 is 21.6 Å². The molecule has 0 spiro atoms. The van der Waals surface area contributed by atoms with Gasteiger partial charge in [0.2, 0.25) is 0 Å². The molecule has 19 heavy (non-hydrogen) atoms. The van der Waals surface area contributed by atoms with Gasteiger partial charge in [0.25, 0.3) is 0 Å². The second kappa shape index (κ2) is 5.45. The highest BCUT2D eigenvalue weighted by Gasteiger charge is 2.37. The fraction of sp³-hybridized carbons (Fsp3) is 0.625. The maximum Gasteiger partial charge on any atom is 0.0440 e. The van der Waals surface area contributed by atoms with Gasteiger partial charge in [-0.15, -0.1) is 0 Å². The SMILES string of the molecule is CC(C)C1CN2CCCC2CN1c1ccc(Br)cc1. The van der Waals surface area contributed by atoms with Crippen molar-refractivity contribution in [2.45, 2.75) is 38.8 Å². The van der Waals surface area contributed by atoms with E-state index in [0.717, 1.165) is 10.5 Å². The van der Waals surface area contributed by atoms with Gasteiger partial charge in [0, 0.05) is 35.3 Å². The summed E-state index contributed by atoms with van der Waals surface area (Å²) < 4.78 is 1.16. The molecule has 3 heteroatoms. The Labute approximate surface area is 124 Å². The summed E-state index contributed by atoms with van der Waals surface area (Å²) in [5, 5.41) is 0. The first kappa shape index (κ1) is 13.4. The van der Waals surface area contributed by atoms with Gasteiger partial charge in [0.1, 0.15) is 0 Å². The molecule has 1 aromatic rings. The number of rotatable bonds is 2. The van der Waals surface area contributed by atoms with Crippen LogP contribution in [0.4, 0.5) is 5.69 Å². The van der Waals surface area contributed by atoms with Crippen LogP contribution in [0.5, 0.6) is 0 Å². The lowest BCUT2D eigenvalue weighted by molar-refractivity contribution is 0.176. The van der Waals surface area contributed by atoms with E-state index in [1.807, 2.05) is 0 Å². The number of anilines is 1. The Bertz CT molecular complexity index is 429. The summed E-state index contributed by atoms with van der Waals surface area (Å²) >= 11 is 3.53. The molecule has 0 radical (unpaired) electrons. The Morgan fingerprint density at radius 2 is 1.89 bits per heavy atom. The molecule has 2 nitrogen and oxygen atoms in total. The highest BCUT2D eigenvalue weighted by molar-refractivity contribution is 9.10. The van der Waals surface area contributed by atoms with Gasteiger partial charge in [-0.05, 0) is 49.6 Å². The van der Waals surface area contributed by atoms with Crippen LogP contribution in [0.1, 0.15) is 26.7 Å². The van der Waals surface area contributed by atoms with E-state index in [1.165, 1.54) is 38.2 Å². The fourth-order valence-corrected chi connectivity index (χ4v) is 3.81. The van der Waals surface area contributed by atoms with Crippen molar-refractivity contribution in [3.63, 3.8) is 0 Å². The Morgan fingerprint density at radius 3 is 2.58 bits per heavy atom. The molecule has 104 valence electrons. The van der Waals surface area contributed by atoms with Crippen LogP contribution in [0.25, 0.3) is 0 Å². The molecule has 0 bridgehead atoms. The zero-order valence-corrected chi connectivity index (χ0v) is 13.4. The number of fused-ring (bicyclic) bond motifs is 1. The molecular weight excluding hydrogens is 300 g/mol. The van der Waals surface area contributed by atoms with E-state index in [0.29, 0.717) is 12.0 Å². The summed E-state index contributed by atoms with van der Waals surface area (Å²) in [7, 11) is 0. The first-order valence-corrected chi connectivity index (χ1v) is 8.20. The molecule has 2 atom stereocenters. The third kappa shape index (κ3) is 2.68. The summed E-state index contributed by atoms with van der Waals surface area (Å²) in [4.78, 5) is 5.35. The topological polar surface area (TPSA) is 6.48 Å². The van der Waals surface area contributed by atoms with Crippen molar-refractivity contribution < 1.29 is 0 Å². The number of hydrogen-bond acceptors (Lipinski definition) is 2. The van der Waals surface area contributed by atoms with Crippen LogP contribution in [-0.2, 0) is 0 Å². The van der Waals surface area contributed by atoms with Crippen molar-refractivity contribution in [3.8, 4) is 0 Å². The molecule has 1 aromatic carbocycles. The van der Waals surface area contributed by atoms with Gasteiger partial charge in [0.05, 0.1) is 0 Å². The van der Waals surface area contributed by atoms with Gasteiger partial charge in [-0.1, -0.05) is 29.8 Å². The minimum absolute atomic E-state index is 0.649. The number of benzene rings is 1.